The zero-order valence-electron chi connectivity index (χ0n) is 16.0. The predicted octanol–water partition coefficient (Wildman–Crippen LogP) is 3.33. The average molecular weight is 377 g/mol. The molecule has 0 saturated heterocycles. The quantitative estimate of drug-likeness (QED) is 0.649. The van der Waals surface area contributed by atoms with E-state index in [9.17, 15) is 4.79 Å². The number of carbonyl (C=O) groups is 1. The molecule has 0 unspecified atom stereocenters. The molecule has 0 atom stereocenters. The molecule has 1 N–H and O–H groups in total. The molecular weight excluding hydrogens is 354 g/mol. The Morgan fingerprint density at radius 3 is 2.71 bits per heavy atom. The minimum Gasteiger partial charge on any atom is -0.492 e. The highest BCUT2D eigenvalue weighted by Gasteiger charge is 2.14. The van der Waals surface area contributed by atoms with Gasteiger partial charge in [-0.3, -0.25) is 9.78 Å². The Labute approximate surface area is 164 Å². The number of nitrogens with one attached hydrogen (secondary N) is 1. The molecule has 1 amide bonds. The normalized spacial score (nSPS) is 10.4. The zero-order valence-corrected chi connectivity index (χ0v) is 16.0. The molecule has 3 aromatic rings. The average Bonchev–Trinajstić information content (AvgIpc) is 2.74. The lowest BCUT2D eigenvalue weighted by Gasteiger charge is -2.17. The lowest BCUT2D eigenvalue weighted by molar-refractivity contribution is 0.0790. The van der Waals surface area contributed by atoms with Crippen LogP contribution in [0.4, 0.5) is 11.5 Å². The molecule has 0 saturated carbocycles. The lowest BCUT2D eigenvalue weighted by atomic mass is 10.2. The highest BCUT2D eigenvalue weighted by Crippen LogP contribution is 2.26. The van der Waals surface area contributed by atoms with E-state index in [4.69, 9.17) is 4.74 Å². The fraction of sp³-hybridized carbons (Fsp3) is 0.238. The second-order valence-electron chi connectivity index (χ2n) is 6.17. The standard InChI is InChI=1S/C21H23N5O2/c1-3-28-19-7-5-4-6-17(19)25-20-14-18(23-15-24-20)21(27)26(2)13-10-16-8-11-22-12-9-16/h4-9,11-12,14-15H,3,10,13H2,1-2H3,(H,23,24,25). The minimum atomic E-state index is -0.155. The van der Waals surface area contributed by atoms with Gasteiger partial charge in [-0.15, -0.1) is 0 Å². The van der Waals surface area contributed by atoms with E-state index in [0.29, 0.717) is 24.7 Å². The lowest BCUT2D eigenvalue weighted by Crippen LogP contribution is -2.29. The van der Waals surface area contributed by atoms with Crippen molar-refractivity contribution in [2.24, 2.45) is 0 Å². The Kier molecular flexibility index (Phi) is 6.51. The molecule has 1 aromatic carbocycles. The van der Waals surface area contributed by atoms with Crippen LogP contribution < -0.4 is 10.1 Å². The fourth-order valence-electron chi connectivity index (χ4n) is 2.68. The van der Waals surface area contributed by atoms with Crippen LogP contribution in [0.2, 0.25) is 0 Å². The van der Waals surface area contributed by atoms with Crippen molar-refractivity contribution >= 4 is 17.4 Å². The summed E-state index contributed by atoms with van der Waals surface area (Å²) in [5, 5.41) is 3.20. The van der Waals surface area contributed by atoms with E-state index in [1.807, 2.05) is 43.3 Å². The molecule has 3 rings (SSSR count). The first-order valence-electron chi connectivity index (χ1n) is 9.12. The maximum absolute atomic E-state index is 12.7. The smallest absolute Gasteiger partial charge is 0.272 e. The zero-order chi connectivity index (χ0) is 19.8. The number of hydrogen-bond donors (Lipinski definition) is 1. The van der Waals surface area contributed by atoms with Gasteiger partial charge in [0.25, 0.3) is 5.91 Å². The molecule has 0 bridgehead atoms. The van der Waals surface area contributed by atoms with Gasteiger partial charge in [0.05, 0.1) is 12.3 Å². The monoisotopic (exact) mass is 377 g/mol. The van der Waals surface area contributed by atoms with E-state index in [1.54, 1.807) is 30.4 Å². The van der Waals surface area contributed by atoms with Crippen LogP contribution in [0.15, 0.2) is 61.2 Å². The number of carbonyl (C=O) groups excluding carboxylic acids is 1. The maximum atomic E-state index is 12.7. The van der Waals surface area contributed by atoms with Crippen LogP contribution in [0.25, 0.3) is 0 Å². The third-order valence-electron chi connectivity index (χ3n) is 4.17. The van der Waals surface area contributed by atoms with E-state index < -0.39 is 0 Å². The molecule has 0 spiro atoms. The Hall–Kier alpha value is -3.48. The van der Waals surface area contributed by atoms with Gasteiger partial charge >= 0.3 is 0 Å². The number of likely N-dealkylation sites (N-methyl/N-ethyl adjacent to an activating group) is 1. The summed E-state index contributed by atoms with van der Waals surface area (Å²) in [5.41, 5.74) is 2.25. The van der Waals surface area contributed by atoms with E-state index in [0.717, 1.165) is 23.4 Å². The molecule has 7 nitrogen and oxygen atoms in total. The molecule has 0 radical (unpaired) electrons. The Bertz CT molecular complexity index is 917. The summed E-state index contributed by atoms with van der Waals surface area (Å²) in [6.07, 6.45) is 5.64. The second kappa shape index (κ2) is 9.45. The molecule has 0 aliphatic rings. The highest BCUT2D eigenvalue weighted by atomic mass is 16.5. The number of nitrogens with zero attached hydrogens (tertiary/aromatic N) is 4. The topological polar surface area (TPSA) is 80.2 Å². The van der Waals surface area contributed by atoms with Crippen molar-refractivity contribution < 1.29 is 9.53 Å². The van der Waals surface area contributed by atoms with Crippen molar-refractivity contribution in [3.05, 3.63) is 72.4 Å². The van der Waals surface area contributed by atoms with Gasteiger partial charge in [0.15, 0.2) is 0 Å². The number of aromatic nitrogens is 3. The Morgan fingerprint density at radius 1 is 1.14 bits per heavy atom. The maximum Gasteiger partial charge on any atom is 0.272 e. The highest BCUT2D eigenvalue weighted by molar-refractivity contribution is 5.92. The number of hydrogen-bond acceptors (Lipinski definition) is 6. The van der Waals surface area contributed by atoms with Crippen molar-refractivity contribution in [3.8, 4) is 5.75 Å². The number of anilines is 2. The molecule has 0 aliphatic carbocycles. The number of rotatable bonds is 8. The summed E-state index contributed by atoms with van der Waals surface area (Å²) >= 11 is 0. The van der Waals surface area contributed by atoms with Crippen molar-refractivity contribution in [2.45, 2.75) is 13.3 Å². The Morgan fingerprint density at radius 2 is 1.93 bits per heavy atom. The van der Waals surface area contributed by atoms with Gasteiger partial charge in [0, 0.05) is 32.1 Å². The fourth-order valence-corrected chi connectivity index (χ4v) is 2.68. The molecule has 2 aromatic heterocycles. The van der Waals surface area contributed by atoms with Crippen molar-refractivity contribution in [1.82, 2.24) is 19.9 Å². The number of benzene rings is 1. The number of ether oxygens (including phenoxy) is 1. The van der Waals surface area contributed by atoms with E-state index in [1.165, 1.54) is 6.33 Å². The third kappa shape index (κ3) is 5.03. The number of para-hydroxylation sites is 2. The minimum absolute atomic E-state index is 0.155. The molecule has 0 aliphatic heterocycles. The van der Waals surface area contributed by atoms with E-state index >= 15 is 0 Å². The molecule has 7 heteroatoms. The van der Waals surface area contributed by atoms with Crippen LogP contribution in [-0.2, 0) is 6.42 Å². The van der Waals surface area contributed by atoms with Crippen LogP contribution in [0.5, 0.6) is 5.75 Å². The molecular formula is C21H23N5O2. The van der Waals surface area contributed by atoms with Gasteiger partial charge in [-0.2, -0.15) is 0 Å². The van der Waals surface area contributed by atoms with Gasteiger partial charge < -0.3 is 15.0 Å². The van der Waals surface area contributed by atoms with E-state index in [-0.39, 0.29) is 5.91 Å². The molecule has 0 fully saturated rings. The Balaban J connectivity index is 1.67. The molecule has 28 heavy (non-hydrogen) atoms. The van der Waals surface area contributed by atoms with Crippen molar-refractivity contribution in [1.29, 1.82) is 0 Å². The first-order chi connectivity index (χ1) is 13.7. The van der Waals surface area contributed by atoms with Crippen LogP contribution >= 0.6 is 0 Å². The van der Waals surface area contributed by atoms with E-state index in [2.05, 4.69) is 20.3 Å². The van der Waals surface area contributed by atoms with Gasteiger partial charge in [0.1, 0.15) is 23.6 Å². The summed E-state index contributed by atoms with van der Waals surface area (Å²) in [6.45, 7) is 3.08. The first-order valence-corrected chi connectivity index (χ1v) is 9.12. The molecule has 144 valence electrons. The van der Waals surface area contributed by atoms with Crippen LogP contribution in [-0.4, -0.2) is 46.0 Å². The summed E-state index contributed by atoms with van der Waals surface area (Å²) in [4.78, 5) is 26.7. The SMILES string of the molecule is CCOc1ccccc1Nc1cc(C(=O)N(C)CCc2ccncc2)ncn1. The summed E-state index contributed by atoms with van der Waals surface area (Å²) in [6, 6.07) is 13.1. The summed E-state index contributed by atoms with van der Waals surface area (Å²) in [5.74, 6) is 1.11. The molecule has 2 heterocycles. The predicted molar refractivity (Wildman–Crippen MR) is 108 cm³/mol. The summed E-state index contributed by atoms with van der Waals surface area (Å²) < 4.78 is 5.61. The van der Waals surface area contributed by atoms with Crippen molar-refractivity contribution in [2.75, 3.05) is 25.5 Å². The number of pyridine rings is 1. The largest absolute Gasteiger partial charge is 0.492 e. The van der Waals surface area contributed by atoms with Gasteiger partial charge in [-0.05, 0) is 43.2 Å². The second-order valence-corrected chi connectivity index (χ2v) is 6.17. The van der Waals surface area contributed by atoms with Gasteiger partial charge in [-0.1, -0.05) is 12.1 Å². The van der Waals surface area contributed by atoms with Crippen LogP contribution in [0, 0.1) is 0 Å². The van der Waals surface area contributed by atoms with Crippen LogP contribution in [0.3, 0.4) is 0 Å². The van der Waals surface area contributed by atoms with Crippen molar-refractivity contribution in [3.63, 3.8) is 0 Å². The third-order valence-corrected chi connectivity index (χ3v) is 4.17. The number of amides is 1. The van der Waals surface area contributed by atoms with Gasteiger partial charge in [0.2, 0.25) is 0 Å². The summed E-state index contributed by atoms with van der Waals surface area (Å²) in [7, 11) is 1.77. The van der Waals surface area contributed by atoms with Gasteiger partial charge in [-0.25, -0.2) is 9.97 Å². The van der Waals surface area contributed by atoms with Crippen LogP contribution in [0.1, 0.15) is 23.0 Å². The first kappa shape index (κ1) is 19.3.